The van der Waals surface area contributed by atoms with E-state index < -0.39 is 5.91 Å². The molecule has 1 saturated heterocycles. The molecule has 1 aliphatic heterocycles. The molecule has 1 atom stereocenters. The number of hydrogen-bond acceptors (Lipinski definition) is 4. The Morgan fingerprint density at radius 1 is 1.43 bits per heavy atom. The minimum absolute atomic E-state index is 0.228. The lowest BCUT2D eigenvalue weighted by Gasteiger charge is -2.11. The van der Waals surface area contributed by atoms with Crippen molar-refractivity contribution in [3.8, 4) is 5.75 Å². The van der Waals surface area contributed by atoms with Crippen molar-refractivity contribution in [2.24, 2.45) is 11.7 Å². The van der Waals surface area contributed by atoms with Gasteiger partial charge in [-0.2, -0.15) is 0 Å². The molecule has 1 fully saturated rings. The average Bonchev–Trinajstić information content (AvgIpc) is 3.05. The van der Waals surface area contributed by atoms with Crippen molar-refractivity contribution in [1.29, 1.82) is 0 Å². The molecule has 7 nitrogen and oxygen atoms in total. The highest BCUT2D eigenvalue weighted by Crippen LogP contribution is 2.22. The molecule has 2 rings (SSSR count). The molecular weight excluding hydrogens is 298 g/mol. The normalized spacial score (nSPS) is 16.8. The fraction of sp³-hybridized carbons (Fsp3) is 0.500. The highest BCUT2D eigenvalue weighted by atomic mass is 16.5. The van der Waals surface area contributed by atoms with Crippen LogP contribution in [0.25, 0.3) is 0 Å². The van der Waals surface area contributed by atoms with E-state index in [0.717, 1.165) is 32.5 Å². The van der Waals surface area contributed by atoms with Gasteiger partial charge in [-0.1, -0.05) is 0 Å². The number of nitrogens with one attached hydrogen (secondary N) is 2. The summed E-state index contributed by atoms with van der Waals surface area (Å²) >= 11 is 0. The van der Waals surface area contributed by atoms with Crippen LogP contribution in [0.4, 0.5) is 10.5 Å². The summed E-state index contributed by atoms with van der Waals surface area (Å²) in [6, 6.07) is 4.43. The van der Waals surface area contributed by atoms with E-state index in [0.29, 0.717) is 23.9 Å². The van der Waals surface area contributed by atoms with Gasteiger partial charge < -0.3 is 25.8 Å². The molecular formula is C16H23N3O4. The van der Waals surface area contributed by atoms with Crippen LogP contribution in [0.1, 0.15) is 29.6 Å². The van der Waals surface area contributed by atoms with Crippen molar-refractivity contribution < 1.29 is 19.1 Å². The largest absolute Gasteiger partial charge is 0.496 e. The van der Waals surface area contributed by atoms with E-state index in [1.165, 1.54) is 13.2 Å². The van der Waals surface area contributed by atoms with Crippen LogP contribution in [0.5, 0.6) is 5.75 Å². The maximum atomic E-state index is 11.8. The number of benzene rings is 1. The standard InChI is InChI=1S/C16H23N3O4/c1-22-14-5-4-12(9-13(14)15(17)20)19-16(21)18-7-2-3-11-6-8-23-10-11/h4-5,9,11H,2-3,6-8,10H2,1H3,(H2,17,20)(H2,18,19,21)/t11-/m1/s1. The lowest BCUT2D eigenvalue weighted by Crippen LogP contribution is -2.30. The summed E-state index contributed by atoms with van der Waals surface area (Å²) in [5.74, 6) is 0.381. The molecule has 1 heterocycles. The molecule has 0 spiro atoms. The van der Waals surface area contributed by atoms with Gasteiger partial charge >= 0.3 is 6.03 Å². The van der Waals surface area contributed by atoms with Gasteiger partial charge in [-0.05, 0) is 43.4 Å². The van der Waals surface area contributed by atoms with Gasteiger partial charge in [-0.3, -0.25) is 4.79 Å². The van der Waals surface area contributed by atoms with Crippen molar-refractivity contribution >= 4 is 17.6 Å². The van der Waals surface area contributed by atoms with Gasteiger partial charge in [0.15, 0.2) is 0 Å². The number of ether oxygens (including phenoxy) is 2. The lowest BCUT2D eigenvalue weighted by atomic mass is 10.0. The summed E-state index contributed by atoms with van der Waals surface area (Å²) in [5.41, 5.74) is 6.01. The number of primary amides is 1. The van der Waals surface area contributed by atoms with Crippen LogP contribution in [0.3, 0.4) is 0 Å². The fourth-order valence-corrected chi connectivity index (χ4v) is 2.56. The highest BCUT2D eigenvalue weighted by molar-refractivity contribution is 5.98. The summed E-state index contributed by atoms with van der Waals surface area (Å²) in [7, 11) is 1.46. The van der Waals surface area contributed by atoms with Gasteiger partial charge in [0.05, 0.1) is 12.7 Å². The summed E-state index contributed by atoms with van der Waals surface area (Å²) in [6.07, 6.45) is 3.07. The third kappa shape index (κ3) is 5.14. The molecule has 0 saturated carbocycles. The zero-order chi connectivity index (χ0) is 16.7. The van der Waals surface area contributed by atoms with Crippen molar-refractivity contribution in [2.45, 2.75) is 19.3 Å². The first kappa shape index (κ1) is 17.1. The number of anilines is 1. The number of methoxy groups -OCH3 is 1. The van der Waals surface area contributed by atoms with E-state index in [1.54, 1.807) is 12.1 Å². The van der Waals surface area contributed by atoms with Crippen molar-refractivity contribution in [2.75, 3.05) is 32.2 Å². The van der Waals surface area contributed by atoms with Gasteiger partial charge in [0, 0.05) is 25.4 Å². The molecule has 1 aromatic carbocycles. The highest BCUT2D eigenvalue weighted by Gasteiger charge is 2.15. The van der Waals surface area contributed by atoms with Gasteiger partial charge in [-0.15, -0.1) is 0 Å². The summed E-state index contributed by atoms with van der Waals surface area (Å²) in [5, 5.41) is 5.47. The number of nitrogens with two attached hydrogens (primary N) is 1. The molecule has 4 N–H and O–H groups in total. The van der Waals surface area contributed by atoms with Crippen LogP contribution in [0.15, 0.2) is 18.2 Å². The Morgan fingerprint density at radius 2 is 2.26 bits per heavy atom. The zero-order valence-corrected chi connectivity index (χ0v) is 13.3. The van der Waals surface area contributed by atoms with Crippen LogP contribution in [0.2, 0.25) is 0 Å². The van der Waals surface area contributed by atoms with Crippen LogP contribution in [-0.2, 0) is 4.74 Å². The molecule has 23 heavy (non-hydrogen) atoms. The second-order valence-electron chi connectivity index (χ2n) is 5.53. The Balaban J connectivity index is 1.78. The monoisotopic (exact) mass is 321 g/mol. The lowest BCUT2D eigenvalue weighted by molar-refractivity contribution is 0.0997. The van der Waals surface area contributed by atoms with Crippen molar-refractivity contribution in [3.05, 3.63) is 23.8 Å². The number of carbonyl (C=O) groups is 2. The smallest absolute Gasteiger partial charge is 0.319 e. The molecule has 7 heteroatoms. The van der Waals surface area contributed by atoms with E-state index in [-0.39, 0.29) is 11.6 Å². The first-order valence-electron chi connectivity index (χ1n) is 7.70. The van der Waals surface area contributed by atoms with Crippen LogP contribution in [-0.4, -0.2) is 38.8 Å². The first-order valence-corrected chi connectivity index (χ1v) is 7.70. The van der Waals surface area contributed by atoms with Crippen molar-refractivity contribution in [3.63, 3.8) is 0 Å². The Hall–Kier alpha value is -2.28. The molecule has 0 aliphatic carbocycles. The minimum Gasteiger partial charge on any atom is -0.496 e. The summed E-state index contributed by atoms with van der Waals surface area (Å²) < 4.78 is 10.4. The molecule has 0 unspecified atom stereocenters. The van der Waals surface area contributed by atoms with E-state index in [9.17, 15) is 9.59 Å². The second kappa shape index (κ2) is 8.38. The topological polar surface area (TPSA) is 103 Å². The average molecular weight is 321 g/mol. The fourth-order valence-electron chi connectivity index (χ4n) is 2.56. The number of urea groups is 1. The van der Waals surface area contributed by atoms with Crippen LogP contribution < -0.4 is 21.1 Å². The number of hydrogen-bond donors (Lipinski definition) is 3. The Bertz CT molecular complexity index is 556. The number of rotatable bonds is 7. The number of amides is 3. The molecule has 0 aromatic heterocycles. The van der Waals surface area contributed by atoms with Gasteiger partial charge in [0.1, 0.15) is 5.75 Å². The van der Waals surface area contributed by atoms with Crippen molar-refractivity contribution in [1.82, 2.24) is 5.32 Å². The molecule has 1 aliphatic rings. The molecule has 0 bridgehead atoms. The third-order valence-electron chi connectivity index (χ3n) is 3.82. The Kier molecular flexibility index (Phi) is 6.22. The molecule has 3 amide bonds. The van der Waals surface area contributed by atoms with Gasteiger partial charge in [0.25, 0.3) is 5.91 Å². The van der Waals surface area contributed by atoms with Crippen LogP contribution >= 0.6 is 0 Å². The summed E-state index contributed by atoms with van der Waals surface area (Å²) in [4.78, 5) is 23.2. The van der Waals surface area contributed by atoms with Gasteiger partial charge in [0.2, 0.25) is 0 Å². The third-order valence-corrected chi connectivity index (χ3v) is 3.82. The number of carbonyl (C=O) groups excluding carboxylic acids is 2. The quantitative estimate of drug-likeness (QED) is 0.665. The Morgan fingerprint density at radius 3 is 2.91 bits per heavy atom. The van der Waals surface area contributed by atoms with Gasteiger partial charge in [-0.25, -0.2) is 4.79 Å². The molecule has 1 aromatic rings. The predicted octanol–water partition coefficient (Wildman–Crippen LogP) is 1.73. The first-order chi connectivity index (χ1) is 11.1. The summed E-state index contributed by atoms with van der Waals surface area (Å²) in [6.45, 7) is 2.27. The van der Waals surface area contributed by atoms with Crippen LogP contribution in [0, 0.1) is 5.92 Å². The molecule has 126 valence electrons. The van der Waals surface area contributed by atoms with E-state index in [2.05, 4.69) is 10.6 Å². The maximum absolute atomic E-state index is 11.8. The molecule has 0 radical (unpaired) electrons. The van der Waals surface area contributed by atoms with E-state index in [1.807, 2.05) is 0 Å². The predicted molar refractivity (Wildman–Crippen MR) is 86.7 cm³/mol. The second-order valence-corrected chi connectivity index (χ2v) is 5.53. The maximum Gasteiger partial charge on any atom is 0.319 e. The SMILES string of the molecule is COc1ccc(NC(=O)NCCC[C@@H]2CCOC2)cc1C(N)=O. The minimum atomic E-state index is -0.607. The van der Waals surface area contributed by atoms with E-state index >= 15 is 0 Å². The van der Waals surface area contributed by atoms with E-state index in [4.69, 9.17) is 15.2 Å². The zero-order valence-electron chi connectivity index (χ0n) is 13.3. The Labute approximate surface area is 135 Å².